The van der Waals surface area contributed by atoms with Crippen LogP contribution in [-0.4, -0.2) is 63.2 Å². The number of hydrogen-bond acceptors (Lipinski definition) is 5. The number of aliphatic hydroxyl groups is 1. The van der Waals surface area contributed by atoms with Crippen LogP contribution in [0.3, 0.4) is 0 Å². The standard InChI is InChI=1S/C16H19ClFN3O5/c1-2-21(26)13(22)9-20-4-3-16(25,15(20)24)14(23)19-8-10-5-11(17)7-12(18)6-10/h5-7,25-26H,2-4,8-9H2,1H3,(H,19,23). The van der Waals surface area contributed by atoms with E-state index >= 15 is 0 Å². The Kier molecular flexibility index (Phi) is 6.17. The molecule has 2 rings (SSSR count). The third kappa shape index (κ3) is 4.29. The van der Waals surface area contributed by atoms with Crippen molar-refractivity contribution in [2.24, 2.45) is 0 Å². The molecule has 8 nitrogen and oxygen atoms in total. The summed E-state index contributed by atoms with van der Waals surface area (Å²) in [5, 5.41) is 22.7. The molecule has 1 aliphatic heterocycles. The first-order valence-corrected chi connectivity index (χ1v) is 8.29. The number of likely N-dealkylation sites (tertiary alicyclic amines) is 1. The van der Waals surface area contributed by atoms with E-state index in [4.69, 9.17) is 11.6 Å². The molecule has 1 aromatic carbocycles. The molecule has 1 saturated heterocycles. The van der Waals surface area contributed by atoms with Gasteiger partial charge in [-0.25, -0.2) is 9.45 Å². The van der Waals surface area contributed by atoms with Gasteiger partial charge in [0.2, 0.25) is 5.60 Å². The fourth-order valence-corrected chi connectivity index (χ4v) is 2.84. The maximum atomic E-state index is 13.3. The fraction of sp³-hybridized carbons (Fsp3) is 0.438. The van der Waals surface area contributed by atoms with Gasteiger partial charge in [-0.2, -0.15) is 0 Å². The third-order valence-electron chi connectivity index (χ3n) is 4.05. The van der Waals surface area contributed by atoms with Gasteiger partial charge in [0, 0.05) is 31.1 Å². The molecule has 0 radical (unpaired) electrons. The second kappa shape index (κ2) is 7.98. The molecule has 0 spiro atoms. The van der Waals surface area contributed by atoms with E-state index < -0.39 is 35.7 Å². The highest BCUT2D eigenvalue weighted by Gasteiger charge is 2.51. The van der Waals surface area contributed by atoms with Gasteiger partial charge in [0.25, 0.3) is 17.7 Å². The maximum Gasteiger partial charge on any atom is 0.265 e. The maximum absolute atomic E-state index is 13.3. The first-order valence-electron chi connectivity index (χ1n) is 7.91. The average molecular weight is 388 g/mol. The number of nitrogens with zero attached hydrogens (tertiary/aromatic N) is 2. The molecule has 0 aliphatic carbocycles. The highest BCUT2D eigenvalue weighted by atomic mass is 35.5. The first kappa shape index (κ1) is 20.1. The van der Waals surface area contributed by atoms with Crippen LogP contribution in [0.1, 0.15) is 18.9 Å². The first-order chi connectivity index (χ1) is 12.2. The number of rotatable bonds is 6. The van der Waals surface area contributed by atoms with Gasteiger partial charge in [-0.15, -0.1) is 0 Å². The molecule has 1 fully saturated rings. The van der Waals surface area contributed by atoms with Crippen LogP contribution in [0.25, 0.3) is 0 Å². The summed E-state index contributed by atoms with van der Waals surface area (Å²) in [4.78, 5) is 37.3. The summed E-state index contributed by atoms with van der Waals surface area (Å²) in [6.45, 7) is 0.995. The Labute approximate surface area is 154 Å². The number of carbonyl (C=O) groups excluding carboxylic acids is 3. The van der Waals surface area contributed by atoms with E-state index in [9.17, 15) is 29.1 Å². The van der Waals surface area contributed by atoms with Crippen molar-refractivity contribution < 1.29 is 29.1 Å². The Morgan fingerprint density at radius 3 is 2.73 bits per heavy atom. The molecule has 142 valence electrons. The molecule has 0 bridgehead atoms. The molecule has 1 heterocycles. The second-order valence-corrected chi connectivity index (χ2v) is 6.34. The largest absolute Gasteiger partial charge is 0.372 e. The van der Waals surface area contributed by atoms with Gasteiger partial charge < -0.3 is 15.3 Å². The Balaban J connectivity index is 1.99. The molecule has 1 unspecified atom stereocenters. The number of amides is 3. The van der Waals surface area contributed by atoms with Crippen LogP contribution in [-0.2, 0) is 20.9 Å². The minimum Gasteiger partial charge on any atom is -0.372 e. The summed E-state index contributed by atoms with van der Waals surface area (Å²) < 4.78 is 13.3. The lowest BCUT2D eigenvalue weighted by Gasteiger charge is -2.22. The number of halogens is 2. The molecule has 1 aliphatic rings. The molecule has 26 heavy (non-hydrogen) atoms. The van der Waals surface area contributed by atoms with Crippen molar-refractivity contribution in [3.05, 3.63) is 34.6 Å². The minimum absolute atomic E-state index is 0.0160. The molecule has 1 aromatic rings. The van der Waals surface area contributed by atoms with E-state index in [1.54, 1.807) is 6.92 Å². The highest BCUT2D eigenvalue weighted by Crippen LogP contribution is 2.23. The molecule has 1 atom stereocenters. The van der Waals surface area contributed by atoms with Gasteiger partial charge in [-0.05, 0) is 30.7 Å². The van der Waals surface area contributed by atoms with Gasteiger partial charge in [0.15, 0.2) is 0 Å². The third-order valence-corrected chi connectivity index (χ3v) is 4.27. The van der Waals surface area contributed by atoms with Gasteiger partial charge >= 0.3 is 0 Å². The zero-order valence-corrected chi connectivity index (χ0v) is 14.8. The quantitative estimate of drug-likeness (QED) is 0.369. The van der Waals surface area contributed by atoms with Crippen molar-refractivity contribution >= 4 is 29.3 Å². The van der Waals surface area contributed by atoms with E-state index in [2.05, 4.69) is 5.32 Å². The zero-order valence-electron chi connectivity index (χ0n) is 14.0. The lowest BCUT2D eigenvalue weighted by molar-refractivity contribution is -0.168. The summed E-state index contributed by atoms with van der Waals surface area (Å²) >= 11 is 5.73. The second-order valence-electron chi connectivity index (χ2n) is 5.91. The lowest BCUT2D eigenvalue weighted by atomic mass is 10.0. The number of nitrogens with one attached hydrogen (secondary N) is 1. The van der Waals surface area contributed by atoms with Gasteiger partial charge in [-0.1, -0.05) is 11.6 Å². The molecular formula is C16H19ClFN3O5. The highest BCUT2D eigenvalue weighted by molar-refractivity contribution is 6.30. The number of benzene rings is 1. The molecular weight excluding hydrogens is 369 g/mol. The minimum atomic E-state index is -2.32. The zero-order chi connectivity index (χ0) is 19.5. The number of hydrogen-bond donors (Lipinski definition) is 3. The summed E-state index contributed by atoms with van der Waals surface area (Å²) in [6, 6.07) is 3.71. The summed E-state index contributed by atoms with van der Waals surface area (Å²) in [5.41, 5.74) is -1.95. The van der Waals surface area contributed by atoms with Crippen LogP contribution in [0.5, 0.6) is 0 Å². The molecule has 0 saturated carbocycles. The van der Waals surface area contributed by atoms with Gasteiger partial charge in [0.1, 0.15) is 12.4 Å². The van der Waals surface area contributed by atoms with Crippen molar-refractivity contribution in [3.63, 3.8) is 0 Å². The Bertz CT molecular complexity index is 712. The fourth-order valence-electron chi connectivity index (χ4n) is 2.59. The van der Waals surface area contributed by atoms with Crippen LogP contribution in [0.2, 0.25) is 5.02 Å². The van der Waals surface area contributed by atoms with Crippen molar-refractivity contribution in [3.8, 4) is 0 Å². The molecule has 3 N–H and O–H groups in total. The van der Waals surface area contributed by atoms with Crippen molar-refractivity contribution in [1.29, 1.82) is 0 Å². The Hall–Kier alpha value is -2.23. The van der Waals surface area contributed by atoms with Gasteiger partial charge in [-0.3, -0.25) is 19.6 Å². The van der Waals surface area contributed by atoms with E-state index in [1.165, 1.54) is 6.07 Å². The van der Waals surface area contributed by atoms with E-state index in [1.807, 2.05) is 0 Å². The Morgan fingerprint density at radius 2 is 2.12 bits per heavy atom. The van der Waals surface area contributed by atoms with Gasteiger partial charge in [0.05, 0.1) is 0 Å². The molecule has 3 amide bonds. The van der Waals surface area contributed by atoms with Crippen LogP contribution in [0, 0.1) is 5.82 Å². The van der Waals surface area contributed by atoms with E-state index in [0.29, 0.717) is 10.6 Å². The summed E-state index contributed by atoms with van der Waals surface area (Å²) in [5.74, 6) is -3.18. The lowest BCUT2D eigenvalue weighted by Crippen LogP contribution is -2.53. The van der Waals surface area contributed by atoms with E-state index in [0.717, 1.165) is 17.0 Å². The molecule has 0 aromatic heterocycles. The average Bonchev–Trinajstić information content (AvgIpc) is 2.87. The van der Waals surface area contributed by atoms with Crippen molar-refractivity contribution in [2.45, 2.75) is 25.5 Å². The number of likely N-dealkylation sites (N-methyl/N-ethyl adjacent to an activating group) is 1. The Morgan fingerprint density at radius 1 is 1.42 bits per heavy atom. The van der Waals surface area contributed by atoms with Crippen LogP contribution >= 0.6 is 11.6 Å². The molecule has 10 heteroatoms. The van der Waals surface area contributed by atoms with E-state index in [-0.39, 0.29) is 31.1 Å². The summed E-state index contributed by atoms with van der Waals surface area (Å²) in [7, 11) is 0. The van der Waals surface area contributed by atoms with Crippen LogP contribution in [0.15, 0.2) is 18.2 Å². The van der Waals surface area contributed by atoms with Crippen molar-refractivity contribution in [1.82, 2.24) is 15.3 Å². The normalized spacial score (nSPS) is 19.6. The number of hydroxylamine groups is 2. The van der Waals surface area contributed by atoms with Crippen LogP contribution < -0.4 is 5.32 Å². The summed E-state index contributed by atoms with van der Waals surface area (Å²) in [6.07, 6.45) is -0.202. The number of carbonyl (C=O) groups is 3. The predicted molar refractivity (Wildman–Crippen MR) is 88.6 cm³/mol. The predicted octanol–water partition coefficient (Wildman–Crippen LogP) is 0.296. The van der Waals surface area contributed by atoms with Crippen LogP contribution in [0.4, 0.5) is 4.39 Å². The SMILES string of the molecule is CCN(O)C(=O)CN1CCC(O)(C(=O)NCc2cc(F)cc(Cl)c2)C1=O. The topological polar surface area (TPSA) is 110 Å². The smallest absolute Gasteiger partial charge is 0.265 e. The monoisotopic (exact) mass is 387 g/mol. The van der Waals surface area contributed by atoms with Crippen molar-refractivity contribution in [2.75, 3.05) is 19.6 Å².